The van der Waals surface area contributed by atoms with Crippen molar-refractivity contribution >= 4 is 23.7 Å². The van der Waals surface area contributed by atoms with Gasteiger partial charge in [0.2, 0.25) is 5.88 Å². The summed E-state index contributed by atoms with van der Waals surface area (Å²) >= 11 is 0.507. The van der Waals surface area contributed by atoms with Crippen molar-refractivity contribution in [3.05, 3.63) is 5.69 Å². The summed E-state index contributed by atoms with van der Waals surface area (Å²) in [6.45, 7) is -1.93. The van der Waals surface area contributed by atoms with Crippen LogP contribution in [0, 0.1) is 5.92 Å². The lowest BCUT2D eigenvalue weighted by Crippen LogP contribution is -2.54. The molecule has 3 aliphatic heterocycles. The van der Waals surface area contributed by atoms with Crippen LogP contribution in [0.2, 0.25) is 0 Å². The van der Waals surface area contributed by atoms with E-state index in [1.165, 1.54) is 4.90 Å². The Kier molecular flexibility index (Phi) is 4.88. The van der Waals surface area contributed by atoms with E-state index in [1.54, 1.807) is 0 Å². The lowest BCUT2D eigenvalue weighted by molar-refractivity contribution is -0.358. The molecular weight excluding hydrogens is 467 g/mol. The lowest BCUT2D eigenvalue weighted by Gasteiger charge is -2.37. The van der Waals surface area contributed by atoms with Crippen LogP contribution in [-0.2, 0) is 19.1 Å². The van der Waals surface area contributed by atoms with Gasteiger partial charge in [-0.1, -0.05) is 0 Å². The Morgan fingerprint density at radius 2 is 1.71 bits per heavy atom. The standard InChI is InChI=1S/C15H12F7N3O5S/c16-12(17,14(18,19)15(20,21)22)5-28-9-8(23-31-24-9)7-4-25-3-6(7)1-2-13(25)29-10(26)11(27)30-13/h6-7H,1-5H2. The lowest BCUT2D eigenvalue weighted by atomic mass is 9.88. The highest BCUT2D eigenvalue weighted by Crippen LogP contribution is 2.50. The summed E-state index contributed by atoms with van der Waals surface area (Å²) in [5, 5.41) is 0. The molecule has 3 aliphatic rings. The number of alkyl halides is 7. The second-order valence-corrected chi connectivity index (χ2v) is 7.85. The van der Waals surface area contributed by atoms with Crippen molar-refractivity contribution in [2.24, 2.45) is 5.92 Å². The van der Waals surface area contributed by atoms with Crippen molar-refractivity contribution in [1.82, 2.24) is 13.6 Å². The molecule has 0 aromatic carbocycles. The quantitative estimate of drug-likeness (QED) is 0.361. The normalized spacial score (nSPS) is 28.0. The molecule has 1 spiro atoms. The second-order valence-electron chi connectivity index (χ2n) is 7.32. The number of carbonyl (C=O) groups excluding carboxylic acids is 2. The SMILES string of the molecule is O=C1OC2(CCC3CN2CC3c2nsnc2OCC(F)(F)C(F)(F)C(F)(F)F)OC1=O. The first-order valence-electron chi connectivity index (χ1n) is 8.76. The molecule has 0 radical (unpaired) electrons. The molecule has 1 aromatic heterocycles. The number of fused-ring (bicyclic) bond motifs is 3. The molecule has 0 aliphatic carbocycles. The molecule has 3 saturated heterocycles. The molecule has 0 saturated carbocycles. The van der Waals surface area contributed by atoms with E-state index in [4.69, 9.17) is 9.47 Å². The minimum Gasteiger partial charge on any atom is -0.469 e. The fourth-order valence-corrected chi connectivity index (χ4v) is 4.44. The molecule has 3 unspecified atom stereocenters. The van der Waals surface area contributed by atoms with Crippen LogP contribution in [0.1, 0.15) is 24.5 Å². The second kappa shape index (κ2) is 6.88. The van der Waals surface area contributed by atoms with Crippen molar-refractivity contribution in [3.63, 3.8) is 0 Å². The first kappa shape index (κ1) is 22.0. The molecule has 3 atom stereocenters. The highest BCUT2D eigenvalue weighted by Gasteiger charge is 2.73. The van der Waals surface area contributed by atoms with Crippen LogP contribution < -0.4 is 4.74 Å². The van der Waals surface area contributed by atoms with E-state index in [1.807, 2.05) is 0 Å². The minimum absolute atomic E-state index is 0.00340. The average Bonchev–Trinajstić information content (AvgIpc) is 3.33. The molecule has 3 fully saturated rings. The molecule has 16 heteroatoms. The van der Waals surface area contributed by atoms with Gasteiger partial charge in [-0.25, -0.2) is 14.5 Å². The molecule has 4 rings (SSSR count). The summed E-state index contributed by atoms with van der Waals surface area (Å²) < 4.78 is 112. The largest absolute Gasteiger partial charge is 0.469 e. The highest BCUT2D eigenvalue weighted by atomic mass is 32.1. The van der Waals surface area contributed by atoms with Gasteiger partial charge in [0, 0.05) is 25.4 Å². The van der Waals surface area contributed by atoms with E-state index in [-0.39, 0.29) is 31.1 Å². The number of hydrogen-bond donors (Lipinski definition) is 0. The first-order valence-corrected chi connectivity index (χ1v) is 9.49. The van der Waals surface area contributed by atoms with Crippen molar-refractivity contribution < 1.29 is 54.5 Å². The Bertz CT molecular complexity index is 892. The van der Waals surface area contributed by atoms with Gasteiger partial charge in [-0.05, 0) is 12.3 Å². The Labute approximate surface area is 172 Å². The fraction of sp³-hybridized carbons (Fsp3) is 0.733. The number of esters is 2. The number of piperidine rings is 1. The summed E-state index contributed by atoms with van der Waals surface area (Å²) in [5.41, 5.74) is -0.00340. The van der Waals surface area contributed by atoms with Gasteiger partial charge in [0.1, 0.15) is 5.69 Å². The summed E-state index contributed by atoms with van der Waals surface area (Å²) in [4.78, 5) is 24.4. The van der Waals surface area contributed by atoms with Gasteiger partial charge >= 0.3 is 35.9 Å². The number of aromatic nitrogens is 2. The number of rotatable bonds is 5. The van der Waals surface area contributed by atoms with Crippen molar-refractivity contribution in [3.8, 4) is 5.88 Å². The minimum atomic E-state index is -6.47. The average molecular weight is 479 g/mol. The fourth-order valence-electron chi connectivity index (χ4n) is 3.87. The summed E-state index contributed by atoms with van der Waals surface area (Å²) in [5.74, 6) is -17.1. The van der Waals surface area contributed by atoms with E-state index in [9.17, 15) is 40.3 Å². The highest BCUT2D eigenvalue weighted by molar-refractivity contribution is 6.99. The van der Waals surface area contributed by atoms with Crippen LogP contribution in [0.25, 0.3) is 0 Å². The van der Waals surface area contributed by atoms with Crippen molar-refractivity contribution in [1.29, 1.82) is 0 Å². The smallest absolute Gasteiger partial charge is 0.460 e. The summed E-state index contributed by atoms with van der Waals surface area (Å²) in [7, 11) is 0. The third-order valence-electron chi connectivity index (χ3n) is 5.46. The van der Waals surface area contributed by atoms with Gasteiger partial charge in [-0.15, -0.1) is 4.37 Å². The molecule has 0 amide bonds. The number of nitrogens with zero attached hydrogens (tertiary/aromatic N) is 3. The van der Waals surface area contributed by atoms with E-state index < -0.39 is 54.3 Å². The maximum absolute atomic E-state index is 13.5. The van der Waals surface area contributed by atoms with E-state index in [2.05, 4.69) is 13.5 Å². The van der Waals surface area contributed by atoms with Crippen LogP contribution in [0.15, 0.2) is 0 Å². The van der Waals surface area contributed by atoms with Gasteiger partial charge in [0.15, 0.2) is 6.61 Å². The summed E-state index contributed by atoms with van der Waals surface area (Å²) in [6.07, 6.45) is -5.97. The van der Waals surface area contributed by atoms with Crippen LogP contribution in [0.3, 0.4) is 0 Å². The molecule has 8 nitrogen and oxygen atoms in total. The van der Waals surface area contributed by atoms with E-state index >= 15 is 0 Å². The van der Waals surface area contributed by atoms with E-state index in [0.29, 0.717) is 18.1 Å². The van der Waals surface area contributed by atoms with Crippen LogP contribution in [0.4, 0.5) is 30.7 Å². The molecule has 4 heterocycles. The predicted octanol–water partition coefficient (Wildman–Crippen LogP) is 2.31. The zero-order valence-corrected chi connectivity index (χ0v) is 15.9. The van der Waals surface area contributed by atoms with Crippen molar-refractivity contribution in [2.75, 3.05) is 19.7 Å². The van der Waals surface area contributed by atoms with Gasteiger partial charge < -0.3 is 14.2 Å². The third-order valence-corrected chi connectivity index (χ3v) is 5.99. The number of hydrogen-bond acceptors (Lipinski definition) is 9. The zero-order chi connectivity index (χ0) is 22.8. The first-order chi connectivity index (χ1) is 14.3. The van der Waals surface area contributed by atoms with E-state index in [0.717, 1.165) is 0 Å². The Morgan fingerprint density at radius 1 is 1.06 bits per heavy atom. The van der Waals surface area contributed by atoms with Crippen LogP contribution in [0.5, 0.6) is 5.88 Å². The molecule has 0 N–H and O–H groups in total. The van der Waals surface area contributed by atoms with Gasteiger partial charge in [0.05, 0.1) is 11.7 Å². The monoisotopic (exact) mass is 479 g/mol. The topological polar surface area (TPSA) is 90.8 Å². The number of ether oxygens (including phenoxy) is 3. The third kappa shape index (κ3) is 3.39. The molecule has 1 aromatic rings. The summed E-state index contributed by atoms with van der Waals surface area (Å²) in [6, 6.07) is 0. The maximum atomic E-state index is 13.5. The van der Waals surface area contributed by atoms with Gasteiger partial charge in [-0.3, -0.25) is 0 Å². The van der Waals surface area contributed by atoms with Gasteiger partial charge in [0.25, 0.3) is 0 Å². The Balaban J connectivity index is 1.49. The Hall–Kier alpha value is -2.23. The Morgan fingerprint density at radius 3 is 2.32 bits per heavy atom. The van der Waals surface area contributed by atoms with Gasteiger partial charge in [-0.2, -0.15) is 35.1 Å². The molecule has 172 valence electrons. The van der Waals surface area contributed by atoms with Crippen molar-refractivity contribution in [2.45, 2.75) is 42.7 Å². The zero-order valence-electron chi connectivity index (χ0n) is 15.1. The molecule has 2 bridgehead atoms. The number of carbonyl (C=O) groups is 2. The van der Waals surface area contributed by atoms with Crippen LogP contribution >= 0.6 is 11.7 Å². The number of halogens is 7. The van der Waals surface area contributed by atoms with Crippen LogP contribution in [-0.4, -0.2) is 69.2 Å². The maximum Gasteiger partial charge on any atom is 0.460 e. The molecular formula is C15H12F7N3O5S. The molecule has 31 heavy (non-hydrogen) atoms. The predicted molar refractivity (Wildman–Crippen MR) is 83.3 cm³/mol.